The van der Waals surface area contributed by atoms with Gasteiger partial charge in [-0.3, -0.25) is 4.90 Å². The van der Waals surface area contributed by atoms with Crippen molar-refractivity contribution in [3.05, 3.63) is 108 Å². The standard InChI is InChI=1S/C29H26N2O2/c32-29(33-19-27-24-13-5-3-11-22(24)23-12-4-6-14-25(23)27)31-17-16-30-18-28(31)26-15-7-9-20-8-1-2-10-21(20)26/h1-15,27-28,30H,16-19H2. The van der Waals surface area contributed by atoms with Crippen molar-refractivity contribution in [2.75, 3.05) is 26.2 Å². The van der Waals surface area contributed by atoms with Gasteiger partial charge in [-0.25, -0.2) is 4.79 Å². The number of ether oxygens (including phenoxy) is 1. The Bertz CT molecular complexity index is 1280. The first kappa shape index (κ1) is 20.0. The van der Waals surface area contributed by atoms with Crippen LogP contribution < -0.4 is 5.32 Å². The molecule has 164 valence electrons. The van der Waals surface area contributed by atoms with E-state index < -0.39 is 0 Å². The summed E-state index contributed by atoms with van der Waals surface area (Å²) in [4.78, 5) is 15.3. The molecule has 4 aromatic rings. The molecule has 4 aromatic carbocycles. The Kier molecular flexibility index (Phi) is 5.08. The van der Waals surface area contributed by atoms with Crippen LogP contribution >= 0.6 is 0 Å². The molecule has 2 aliphatic rings. The molecule has 1 atom stereocenters. The maximum Gasteiger partial charge on any atom is 0.410 e. The molecule has 1 unspecified atom stereocenters. The van der Waals surface area contributed by atoms with Crippen LogP contribution in [-0.2, 0) is 4.74 Å². The Morgan fingerprint density at radius 1 is 0.818 bits per heavy atom. The zero-order valence-corrected chi connectivity index (χ0v) is 18.4. The lowest BCUT2D eigenvalue weighted by Gasteiger charge is -2.36. The lowest BCUT2D eigenvalue weighted by atomic mass is 9.96. The average molecular weight is 435 g/mol. The SMILES string of the molecule is O=C(OCC1c2ccccc2-c2ccccc21)N1CCNCC1c1cccc2ccccc12. The minimum Gasteiger partial charge on any atom is -0.448 e. The summed E-state index contributed by atoms with van der Waals surface area (Å²) in [6, 6.07) is 31.5. The van der Waals surface area contributed by atoms with Crippen molar-refractivity contribution in [3.63, 3.8) is 0 Å². The molecule has 33 heavy (non-hydrogen) atoms. The van der Waals surface area contributed by atoms with Crippen molar-refractivity contribution >= 4 is 16.9 Å². The highest BCUT2D eigenvalue weighted by Crippen LogP contribution is 2.44. The molecule has 1 fully saturated rings. The van der Waals surface area contributed by atoms with E-state index in [0.29, 0.717) is 13.2 Å². The molecular formula is C29H26N2O2. The summed E-state index contributed by atoms with van der Waals surface area (Å²) in [5, 5.41) is 5.83. The summed E-state index contributed by atoms with van der Waals surface area (Å²) in [6.45, 7) is 2.47. The fourth-order valence-electron chi connectivity index (χ4n) is 5.42. The molecule has 1 saturated heterocycles. The molecule has 0 bridgehead atoms. The quantitative estimate of drug-likeness (QED) is 0.447. The Morgan fingerprint density at radius 3 is 2.24 bits per heavy atom. The summed E-state index contributed by atoms with van der Waals surface area (Å²) in [5.41, 5.74) is 6.11. The number of fused-ring (bicyclic) bond motifs is 4. The molecule has 4 heteroatoms. The van der Waals surface area contributed by atoms with E-state index in [1.165, 1.54) is 33.0 Å². The van der Waals surface area contributed by atoms with Gasteiger partial charge in [-0.05, 0) is 38.6 Å². The van der Waals surface area contributed by atoms with Crippen LogP contribution in [0.1, 0.15) is 28.7 Å². The van der Waals surface area contributed by atoms with Gasteiger partial charge >= 0.3 is 6.09 Å². The third-order valence-corrected chi connectivity index (χ3v) is 7.00. The lowest BCUT2D eigenvalue weighted by molar-refractivity contribution is 0.0755. The molecule has 0 radical (unpaired) electrons. The maximum absolute atomic E-state index is 13.4. The van der Waals surface area contributed by atoms with E-state index >= 15 is 0 Å². The largest absolute Gasteiger partial charge is 0.448 e. The van der Waals surface area contributed by atoms with E-state index in [1.54, 1.807) is 0 Å². The highest BCUT2D eigenvalue weighted by molar-refractivity contribution is 5.86. The van der Waals surface area contributed by atoms with Gasteiger partial charge in [0.2, 0.25) is 0 Å². The summed E-state index contributed by atoms with van der Waals surface area (Å²) in [6.07, 6.45) is -0.240. The predicted molar refractivity (Wildman–Crippen MR) is 131 cm³/mol. The topological polar surface area (TPSA) is 41.6 Å². The smallest absolute Gasteiger partial charge is 0.410 e. The third kappa shape index (κ3) is 3.47. The number of piperazine rings is 1. The van der Waals surface area contributed by atoms with Crippen LogP contribution in [0.25, 0.3) is 21.9 Å². The maximum atomic E-state index is 13.4. The number of nitrogens with one attached hydrogen (secondary N) is 1. The Hall–Kier alpha value is -3.63. The van der Waals surface area contributed by atoms with E-state index in [9.17, 15) is 4.79 Å². The first-order valence-electron chi connectivity index (χ1n) is 11.6. The van der Waals surface area contributed by atoms with E-state index in [1.807, 2.05) is 4.90 Å². The molecule has 0 saturated carbocycles. The number of hydrogen-bond donors (Lipinski definition) is 1. The zero-order chi connectivity index (χ0) is 22.2. The number of carbonyl (C=O) groups is 1. The molecule has 0 spiro atoms. The van der Waals surface area contributed by atoms with Gasteiger partial charge in [-0.1, -0.05) is 91.0 Å². The second-order valence-electron chi connectivity index (χ2n) is 8.79. The van der Waals surface area contributed by atoms with Crippen molar-refractivity contribution < 1.29 is 9.53 Å². The second-order valence-corrected chi connectivity index (χ2v) is 8.79. The molecule has 0 aromatic heterocycles. The lowest BCUT2D eigenvalue weighted by Crippen LogP contribution is -2.49. The summed E-state index contributed by atoms with van der Waals surface area (Å²) in [7, 11) is 0. The van der Waals surface area contributed by atoms with Crippen molar-refractivity contribution in [2.24, 2.45) is 0 Å². The van der Waals surface area contributed by atoms with E-state index in [4.69, 9.17) is 4.74 Å². The highest BCUT2D eigenvalue weighted by Gasteiger charge is 2.33. The molecule has 1 heterocycles. The molecule has 1 N–H and O–H groups in total. The Balaban J connectivity index is 1.26. The van der Waals surface area contributed by atoms with Gasteiger partial charge in [0.25, 0.3) is 0 Å². The summed E-state index contributed by atoms with van der Waals surface area (Å²) >= 11 is 0. The van der Waals surface area contributed by atoms with Gasteiger partial charge in [0, 0.05) is 25.6 Å². The number of nitrogens with zero attached hydrogens (tertiary/aromatic N) is 1. The monoisotopic (exact) mass is 434 g/mol. The summed E-state index contributed by atoms with van der Waals surface area (Å²) < 4.78 is 6.00. The normalized spacial score (nSPS) is 17.6. The van der Waals surface area contributed by atoms with E-state index in [2.05, 4.69) is 96.3 Å². The molecule has 4 nitrogen and oxygen atoms in total. The Morgan fingerprint density at radius 2 is 1.45 bits per heavy atom. The van der Waals surface area contributed by atoms with Crippen molar-refractivity contribution in [1.29, 1.82) is 0 Å². The van der Waals surface area contributed by atoms with E-state index in [-0.39, 0.29) is 18.1 Å². The number of amides is 1. The van der Waals surface area contributed by atoms with Gasteiger partial charge in [0.05, 0.1) is 6.04 Å². The Labute approximate surface area is 193 Å². The first-order valence-corrected chi connectivity index (χ1v) is 11.6. The van der Waals surface area contributed by atoms with Crippen LogP contribution in [0, 0.1) is 0 Å². The fourth-order valence-corrected chi connectivity index (χ4v) is 5.42. The van der Waals surface area contributed by atoms with Gasteiger partial charge in [-0.2, -0.15) is 0 Å². The molecule has 1 aliphatic carbocycles. The van der Waals surface area contributed by atoms with Crippen LogP contribution in [0.4, 0.5) is 4.79 Å². The van der Waals surface area contributed by atoms with Crippen molar-refractivity contribution in [1.82, 2.24) is 10.2 Å². The number of hydrogen-bond acceptors (Lipinski definition) is 3. The fraction of sp³-hybridized carbons (Fsp3) is 0.207. The first-order chi connectivity index (χ1) is 16.3. The number of carbonyl (C=O) groups excluding carboxylic acids is 1. The third-order valence-electron chi connectivity index (χ3n) is 7.00. The minimum atomic E-state index is -0.240. The second kappa shape index (κ2) is 8.38. The van der Waals surface area contributed by atoms with Crippen LogP contribution in [0.5, 0.6) is 0 Å². The molecule has 1 aliphatic heterocycles. The van der Waals surface area contributed by atoms with Gasteiger partial charge in [-0.15, -0.1) is 0 Å². The summed E-state index contributed by atoms with van der Waals surface area (Å²) in [5.74, 6) is 0.0697. The highest BCUT2D eigenvalue weighted by atomic mass is 16.6. The number of rotatable bonds is 3. The van der Waals surface area contributed by atoms with Crippen LogP contribution in [-0.4, -0.2) is 37.2 Å². The minimum absolute atomic E-state index is 0.0551. The van der Waals surface area contributed by atoms with Gasteiger partial charge < -0.3 is 10.1 Å². The molecule has 6 rings (SSSR count). The predicted octanol–water partition coefficient (Wildman–Crippen LogP) is 5.74. The molecule has 1 amide bonds. The van der Waals surface area contributed by atoms with Crippen molar-refractivity contribution in [2.45, 2.75) is 12.0 Å². The van der Waals surface area contributed by atoms with E-state index in [0.717, 1.165) is 18.7 Å². The molecular weight excluding hydrogens is 408 g/mol. The van der Waals surface area contributed by atoms with Gasteiger partial charge in [0.15, 0.2) is 0 Å². The van der Waals surface area contributed by atoms with Crippen LogP contribution in [0.15, 0.2) is 91.0 Å². The van der Waals surface area contributed by atoms with Crippen LogP contribution in [0.2, 0.25) is 0 Å². The number of benzene rings is 4. The van der Waals surface area contributed by atoms with Gasteiger partial charge in [0.1, 0.15) is 6.61 Å². The van der Waals surface area contributed by atoms with Crippen molar-refractivity contribution in [3.8, 4) is 11.1 Å². The average Bonchev–Trinajstić information content (AvgIpc) is 3.20. The zero-order valence-electron chi connectivity index (χ0n) is 18.4. The van der Waals surface area contributed by atoms with Crippen LogP contribution in [0.3, 0.4) is 0 Å².